The van der Waals surface area contributed by atoms with Crippen LogP contribution in [0.5, 0.6) is 0 Å². The summed E-state index contributed by atoms with van der Waals surface area (Å²) in [6.07, 6.45) is 12.1. The van der Waals surface area contributed by atoms with Gasteiger partial charge < -0.3 is 9.64 Å². The van der Waals surface area contributed by atoms with Crippen LogP contribution in [0.2, 0.25) is 0 Å². The number of likely N-dealkylation sites (tertiary alicyclic amines) is 1. The second kappa shape index (κ2) is 7.17. The molecule has 1 aromatic rings. The van der Waals surface area contributed by atoms with Crippen LogP contribution in [0.1, 0.15) is 32.1 Å². The van der Waals surface area contributed by atoms with Crippen LogP contribution in [0.25, 0.3) is 0 Å². The van der Waals surface area contributed by atoms with Crippen LogP contribution >= 0.6 is 0 Å². The van der Waals surface area contributed by atoms with E-state index in [4.69, 9.17) is 4.74 Å². The van der Waals surface area contributed by atoms with Crippen LogP contribution in [0, 0.1) is 5.41 Å². The third-order valence-corrected chi connectivity index (χ3v) is 4.91. The van der Waals surface area contributed by atoms with E-state index in [0.717, 1.165) is 32.4 Å². The van der Waals surface area contributed by atoms with E-state index in [9.17, 15) is 4.79 Å². The Hall–Kier alpha value is -1.82. The summed E-state index contributed by atoms with van der Waals surface area (Å²) in [5.41, 5.74) is 0.294. The highest BCUT2D eigenvalue weighted by molar-refractivity contribution is 5.88. The third kappa shape index (κ3) is 3.93. The van der Waals surface area contributed by atoms with Gasteiger partial charge in [-0.15, -0.1) is 0 Å². The van der Waals surface area contributed by atoms with Gasteiger partial charge in [-0.3, -0.25) is 10.00 Å². The molecule has 1 spiro atoms. The first-order valence-corrected chi connectivity index (χ1v) is 8.44. The van der Waals surface area contributed by atoms with Crippen molar-refractivity contribution in [2.24, 2.45) is 5.41 Å². The SMILES string of the molecule is COCCn1ccc(NC(=O)N2CCC[C@@]3(CC=CCC3)C2)n1. The van der Waals surface area contributed by atoms with E-state index in [1.807, 2.05) is 17.2 Å². The molecule has 3 rings (SSSR count). The zero-order valence-electron chi connectivity index (χ0n) is 13.8. The van der Waals surface area contributed by atoms with Crippen molar-refractivity contribution in [3.63, 3.8) is 0 Å². The van der Waals surface area contributed by atoms with Crippen molar-refractivity contribution in [3.05, 3.63) is 24.4 Å². The minimum Gasteiger partial charge on any atom is -0.383 e. The molecule has 1 fully saturated rings. The van der Waals surface area contributed by atoms with Crippen molar-refractivity contribution in [2.45, 2.75) is 38.6 Å². The number of ether oxygens (including phenoxy) is 1. The number of methoxy groups -OCH3 is 1. The van der Waals surface area contributed by atoms with Crippen LogP contribution < -0.4 is 5.32 Å². The lowest BCUT2D eigenvalue weighted by Gasteiger charge is -2.43. The second-order valence-electron chi connectivity index (χ2n) is 6.63. The summed E-state index contributed by atoms with van der Waals surface area (Å²) in [5, 5.41) is 7.28. The quantitative estimate of drug-likeness (QED) is 0.868. The molecule has 1 aliphatic heterocycles. The summed E-state index contributed by atoms with van der Waals surface area (Å²) in [6.45, 7) is 2.98. The standard InChI is InChI=1S/C17H26N4O2/c1-23-13-12-21-11-6-15(19-21)18-16(22)20-10-5-9-17(14-20)7-3-2-4-8-17/h2-3,6,11H,4-5,7-10,12-14H2,1H3,(H,18,19,22)/t17-/m0/s1. The Morgan fingerprint density at radius 2 is 2.35 bits per heavy atom. The third-order valence-electron chi connectivity index (χ3n) is 4.91. The van der Waals surface area contributed by atoms with E-state index < -0.39 is 0 Å². The number of anilines is 1. The minimum atomic E-state index is -0.0318. The molecule has 6 nitrogen and oxygen atoms in total. The predicted molar refractivity (Wildman–Crippen MR) is 89.4 cm³/mol. The van der Waals surface area contributed by atoms with E-state index in [1.54, 1.807) is 11.8 Å². The van der Waals surface area contributed by atoms with Gasteiger partial charge in [0.1, 0.15) is 0 Å². The molecular formula is C17H26N4O2. The number of nitrogens with zero attached hydrogens (tertiary/aromatic N) is 3. The maximum atomic E-state index is 12.5. The number of allylic oxidation sites excluding steroid dienone is 2. The highest BCUT2D eigenvalue weighted by Gasteiger charge is 2.36. The highest BCUT2D eigenvalue weighted by Crippen LogP contribution is 2.40. The number of piperidine rings is 1. The van der Waals surface area contributed by atoms with E-state index >= 15 is 0 Å². The maximum absolute atomic E-state index is 12.5. The average Bonchev–Trinajstić information content (AvgIpc) is 3.01. The number of urea groups is 1. The van der Waals surface area contributed by atoms with E-state index in [2.05, 4.69) is 22.6 Å². The number of hydrogen-bond acceptors (Lipinski definition) is 3. The molecule has 6 heteroatoms. The van der Waals surface area contributed by atoms with Gasteiger partial charge in [-0.1, -0.05) is 12.2 Å². The molecule has 0 aromatic carbocycles. The molecule has 1 aromatic heterocycles. The zero-order valence-corrected chi connectivity index (χ0v) is 13.8. The van der Waals surface area contributed by atoms with Crippen molar-refractivity contribution in [1.82, 2.24) is 14.7 Å². The molecule has 126 valence electrons. The summed E-state index contributed by atoms with van der Waals surface area (Å²) in [6, 6.07) is 1.80. The molecule has 0 radical (unpaired) electrons. The molecule has 2 amide bonds. The molecule has 1 saturated heterocycles. The van der Waals surface area contributed by atoms with Gasteiger partial charge in [-0.05, 0) is 37.5 Å². The van der Waals surface area contributed by atoms with Gasteiger partial charge in [0, 0.05) is 32.5 Å². The van der Waals surface area contributed by atoms with E-state index in [-0.39, 0.29) is 6.03 Å². The largest absolute Gasteiger partial charge is 0.383 e. The first-order valence-electron chi connectivity index (χ1n) is 8.44. The summed E-state index contributed by atoms with van der Waals surface area (Å²) >= 11 is 0. The zero-order chi connectivity index (χ0) is 16.1. The number of nitrogens with one attached hydrogen (secondary N) is 1. The topological polar surface area (TPSA) is 59.4 Å². The van der Waals surface area contributed by atoms with Gasteiger partial charge >= 0.3 is 6.03 Å². The monoisotopic (exact) mass is 318 g/mol. The van der Waals surface area contributed by atoms with Crippen molar-refractivity contribution in [1.29, 1.82) is 0 Å². The molecule has 1 atom stereocenters. The van der Waals surface area contributed by atoms with Gasteiger partial charge in [0.2, 0.25) is 0 Å². The molecular weight excluding hydrogens is 292 g/mol. The van der Waals surface area contributed by atoms with Gasteiger partial charge in [0.15, 0.2) is 5.82 Å². The molecule has 1 N–H and O–H groups in total. The molecule has 2 heterocycles. The first-order chi connectivity index (χ1) is 11.2. The lowest BCUT2D eigenvalue weighted by Crippen LogP contribution is -2.48. The number of rotatable bonds is 4. The van der Waals surface area contributed by atoms with E-state index in [0.29, 0.717) is 24.4 Å². The Labute approximate surface area is 137 Å². The summed E-state index contributed by atoms with van der Waals surface area (Å²) in [7, 11) is 1.67. The van der Waals surface area contributed by atoms with Crippen molar-refractivity contribution in [2.75, 3.05) is 32.1 Å². The van der Waals surface area contributed by atoms with Crippen molar-refractivity contribution >= 4 is 11.8 Å². The summed E-state index contributed by atoms with van der Waals surface area (Å²) in [5.74, 6) is 0.606. The summed E-state index contributed by atoms with van der Waals surface area (Å²) < 4.78 is 6.81. The van der Waals surface area contributed by atoms with Gasteiger partial charge in [-0.2, -0.15) is 5.10 Å². The highest BCUT2D eigenvalue weighted by atomic mass is 16.5. The Kier molecular flexibility index (Phi) is 5.00. The molecule has 0 unspecified atom stereocenters. The molecule has 0 bridgehead atoms. The van der Waals surface area contributed by atoms with E-state index in [1.165, 1.54) is 12.8 Å². The first kappa shape index (κ1) is 16.1. The lowest BCUT2D eigenvalue weighted by atomic mass is 9.71. The van der Waals surface area contributed by atoms with Crippen LogP contribution in [-0.4, -0.2) is 47.5 Å². The van der Waals surface area contributed by atoms with Crippen molar-refractivity contribution in [3.8, 4) is 0 Å². The Balaban J connectivity index is 1.57. The average molecular weight is 318 g/mol. The van der Waals surface area contributed by atoms with Crippen molar-refractivity contribution < 1.29 is 9.53 Å². The minimum absolute atomic E-state index is 0.0318. The normalized spacial score (nSPS) is 24.1. The van der Waals surface area contributed by atoms with Crippen LogP contribution in [0.3, 0.4) is 0 Å². The fourth-order valence-corrected chi connectivity index (χ4v) is 3.62. The molecule has 0 saturated carbocycles. The maximum Gasteiger partial charge on any atom is 0.323 e. The Bertz CT molecular complexity index is 569. The number of carbonyl (C=O) groups is 1. The fraction of sp³-hybridized carbons (Fsp3) is 0.647. The second-order valence-corrected chi connectivity index (χ2v) is 6.63. The number of carbonyl (C=O) groups excluding carboxylic acids is 1. The number of amides is 2. The Morgan fingerprint density at radius 1 is 1.43 bits per heavy atom. The molecule has 23 heavy (non-hydrogen) atoms. The Morgan fingerprint density at radius 3 is 3.13 bits per heavy atom. The molecule has 2 aliphatic rings. The smallest absolute Gasteiger partial charge is 0.323 e. The lowest BCUT2D eigenvalue weighted by molar-refractivity contribution is 0.102. The van der Waals surface area contributed by atoms with Crippen LogP contribution in [0.4, 0.5) is 10.6 Å². The van der Waals surface area contributed by atoms with Crippen LogP contribution in [-0.2, 0) is 11.3 Å². The summed E-state index contributed by atoms with van der Waals surface area (Å²) in [4.78, 5) is 14.5. The number of hydrogen-bond donors (Lipinski definition) is 1. The number of aromatic nitrogens is 2. The van der Waals surface area contributed by atoms with Gasteiger partial charge in [-0.25, -0.2) is 4.79 Å². The van der Waals surface area contributed by atoms with Gasteiger partial charge in [0.05, 0.1) is 13.2 Å². The van der Waals surface area contributed by atoms with Gasteiger partial charge in [0.25, 0.3) is 0 Å². The molecule has 1 aliphatic carbocycles. The van der Waals surface area contributed by atoms with Crippen LogP contribution in [0.15, 0.2) is 24.4 Å². The predicted octanol–water partition coefficient (Wildman–Crippen LogP) is 2.88. The fourth-order valence-electron chi connectivity index (χ4n) is 3.62.